The Morgan fingerprint density at radius 2 is 1.26 bits per heavy atom. The first-order valence-corrected chi connectivity index (χ1v) is 14.4. The maximum absolute atomic E-state index is 12.9. The molecule has 3 heterocycles. The fraction of sp³-hybridized carbons (Fsp3) is 0.393. The topological polar surface area (TPSA) is 74.3 Å². The lowest BCUT2D eigenvalue weighted by Gasteiger charge is -2.37. The Morgan fingerprint density at radius 1 is 0.769 bits per heavy atom. The van der Waals surface area contributed by atoms with Crippen LogP contribution in [0.1, 0.15) is 0 Å². The first kappa shape index (κ1) is 27.2. The molecule has 2 aliphatic heterocycles. The summed E-state index contributed by atoms with van der Waals surface area (Å²) in [7, 11) is 3.34. The second-order valence-electron chi connectivity index (χ2n) is 9.36. The van der Waals surface area contributed by atoms with Crippen LogP contribution in [0.2, 0.25) is 5.15 Å². The minimum atomic E-state index is 0.0904. The molecule has 0 saturated carbocycles. The van der Waals surface area contributed by atoms with E-state index in [9.17, 15) is 4.79 Å². The van der Waals surface area contributed by atoms with Crippen LogP contribution in [0.15, 0.2) is 59.8 Å². The molecule has 0 radical (unpaired) electrons. The second kappa shape index (κ2) is 12.7. The first-order chi connectivity index (χ1) is 19.0. The Balaban J connectivity index is 1.11. The SMILES string of the molecule is COc1ccc(N2CCN(C(=O)CSc3nc(Cl)cc(N4CCN(c5ccc(OC)cc5)CC4)n3)CC2)cc1. The lowest BCUT2D eigenvalue weighted by Crippen LogP contribution is -2.49. The van der Waals surface area contributed by atoms with Gasteiger partial charge in [0.1, 0.15) is 22.5 Å². The Hall–Kier alpha value is -3.37. The molecule has 1 aromatic heterocycles. The van der Waals surface area contributed by atoms with Gasteiger partial charge in [0.15, 0.2) is 5.16 Å². The molecule has 2 saturated heterocycles. The van der Waals surface area contributed by atoms with Crippen molar-refractivity contribution in [1.29, 1.82) is 0 Å². The van der Waals surface area contributed by atoms with Crippen molar-refractivity contribution in [2.75, 3.05) is 87.0 Å². The maximum Gasteiger partial charge on any atom is 0.233 e. The zero-order chi connectivity index (χ0) is 27.2. The molecule has 0 atom stereocenters. The molecule has 3 aromatic rings. The van der Waals surface area contributed by atoms with E-state index in [2.05, 4.69) is 43.9 Å². The van der Waals surface area contributed by atoms with Gasteiger partial charge in [-0.1, -0.05) is 23.4 Å². The molecule has 0 spiro atoms. The van der Waals surface area contributed by atoms with Crippen LogP contribution in [0.4, 0.5) is 17.2 Å². The molecule has 0 bridgehead atoms. The molecule has 2 fully saturated rings. The monoisotopic (exact) mass is 568 g/mol. The number of ether oxygens (including phenoxy) is 2. The number of halogens is 1. The van der Waals surface area contributed by atoms with E-state index in [0.717, 1.165) is 62.3 Å². The van der Waals surface area contributed by atoms with Crippen molar-refractivity contribution >= 4 is 46.5 Å². The van der Waals surface area contributed by atoms with E-state index in [4.69, 9.17) is 26.1 Å². The third-order valence-electron chi connectivity index (χ3n) is 7.10. The predicted octanol–water partition coefficient (Wildman–Crippen LogP) is 3.91. The molecule has 2 aromatic carbocycles. The van der Waals surface area contributed by atoms with Crippen molar-refractivity contribution in [3.8, 4) is 11.5 Å². The summed E-state index contributed by atoms with van der Waals surface area (Å²) in [5, 5.41) is 0.918. The third-order valence-corrected chi connectivity index (χ3v) is 8.12. The predicted molar refractivity (Wildman–Crippen MR) is 157 cm³/mol. The van der Waals surface area contributed by atoms with E-state index in [-0.39, 0.29) is 11.7 Å². The van der Waals surface area contributed by atoms with Gasteiger partial charge in [-0.25, -0.2) is 9.97 Å². The van der Waals surface area contributed by atoms with Gasteiger partial charge in [0.25, 0.3) is 0 Å². The average molecular weight is 569 g/mol. The van der Waals surface area contributed by atoms with Crippen LogP contribution in [-0.4, -0.2) is 93.1 Å². The molecule has 9 nitrogen and oxygen atoms in total. The van der Waals surface area contributed by atoms with Crippen LogP contribution in [0.5, 0.6) is 11.5 Å². The summed E-state index contributed by atoms with van der Waals surface area (Å²) in [4.78, 5) is 30.8. The largest absolute Gasteiger partial charge is 0.497 e. The van der Waals surface area contributed by atoms with Gasteiger partial charge < -0.3 is 29.1 Å². The van der Waals surface area contributed by atoms with Gasteiger partial charge in [-0.3, -0.25) is 4.79 Å². The van der Waals surface area contributed by atoms with E-state index in [1.807, 2.05) is 29.2 Å². The number of thioether (sulfide) groups is 1. The number of anilines is 3. The van der Waals surface area contributed by atoms with Crippen LogP contribution < -0.4 is 24.2 Å². The molecule has 1 amide bonds. The summed E-state index contributed by atoms with van der Waals surface area (Å²) in [5.74, 6) is 2.87. The van der Waals surface area contributed by atoms with Crippen LogP contribution in [0, 0.1) is 0 Å². The van der Waals surface area contributed by atoms with Crippen molar-refractivity contribution in [1.82, 2.24) is 14.9 Å². The number of nitrogens with zero attached hydrogens (tertiary/aromatic N) is 6. The zero-order valence-electron chi connectivity index (χ0n) is 22.3. The number of rotatable bonds is 8. The molecule has 11 heteroatoms. The number of carbonyl (C=O) groups excluding carboxylic acids is 1. The van der Waals surface area contributed by atoms with Crippen molar-refractivity contribution in [2.24, 2.45) is 0 Å². The minimum Gasteiger partial charge on any atom is -0.497 e. The molecule has 2 aliphatic rings. The van der Waals surface area contributed by atoms with Crippen molar-refractivity contribution in [3.05, 3.63) is 59.8 Å². The van der Waals surface area contributed by atoms with Gasteiger partial charge >= 0.3 is 0 Å². The highest BCUT2D eigenvalue weighted by molar-refractivity contribution is 7.99. The first-order valence-electron chi connectivity index (χ1n) is 13.0. The molecule has 0 aliphatic carbocycles. The van der Waals surface area contributed by atoms with Gasteiger partial charge in [-0.2, -0.15) is 0 Å². The summed E-state index contributed by atoms with van der Waals surface area (Å²) >= 11 is 7.70. The minimum absolute atomic E-state index is 0.0904. The van der Waals surface area contributed by atoms with Crippen LogP contribution in [-0.2, 0) is 4.79 Å². The van der Waals surface area contributed by atoms with E-state index in [1.54, 1.807) is 20.3 Å². The maximum atomic E-state index is 12.9. The van der Waals surface area contributed by atoms with Crippen LogP contribution in [0.3, 0.4) is 0 Å². The molecule has 206 valence electrons. The van der Waals surface area contributed by atoms with Gasteiger partial charge in [0.05, 0.1) is 20.0 Å². The summed E-state index contributed by atoms with van der Waals surface area (Å²) in [6.07, 6.45) is 0. The molecule has 0 N–H and O–H groups in total. The summed E-state index contributed by atoms with van der Waals surface area (Å²) in [5.41, 5.74) is 2.32. The smallest absolute Gasteiger partial charge is 0.233 e. The van der Waals surface area contributed by atoms with Gasteiger partial charge in [-0.15, -0.1) is 0 Å². The number of hydrogen-bond donors (Lipinski definition) is 0. The molecular weight excluding hydrogens is 536 g/mol. The fourth-order valence-corrected chi connectivity index (χ4v) is 5.81. The number of carbonyl (C=O) groups is 1. The second-order valence-corrected chi connectivity index (χ2v) is 10.7. The number of hydrogen-bond acceptors (Lipinski definition) is 9. The van der Waals surface area contributed by atoms with Crippen molar-refractivity contribution < 1.29 is 14.3 Å². The standard InChI is InChI=1S/C28H33ClN6O3S/c1-37-23-7-3-21(4-8-23)32-11-15-34(16-12-32)26-19-25(29)30-28(31-26)39-20-27(36)35-17-13-33(14-18-35)22-5-9-24(38-2)10-6-22/h3-10,19H,11-18,20H2,1-2H3. The lowest BCUT2D eigenvalue weighted by molar-refractivity contribution is -0.128. The van der Waals surface area contributed by atoms with Crippen LogP contribution >= 0.6 is 23.4 Å². The van der Waals surface area contributed by atoms with E-state index in [0.29, 0.717) is 23.4 Å². The summed E-state index contributed by atoms with van der Waals surface area (Å²) < 4.78 is 10.5. The Bertz CT molecular complexity index is 1250. The van der Waals surface area contributed by atoms with Crippen molar-refractivity contribution in [2.45, 2.75) is 5.16 Å². The van der Waals surface area contributed by atoms with E-state index >= 15 is 0 Å². The number of benzene rings is 2. The molecule has 39 heavy (non-hydrogen) atoms. The van der Waals surface area contributed by atoms with Gasteiger partial charge in [-0.05, 0) is 48.5 Å². The van der Waals surface area contributed by atoms with Gasteiger partial charge in [0.2, 0.25) is 5.91 Å². The summed E-state index contributed by atoms with van der Waals surface area (Å²) in [6, 6.07) is 18.0. The summed E-state index contributed by atoms with van der Waals surface area (Å²) in [6.45, 7) is 6.35. The number of aromatic nitrogens is 2. The van der Waals surface area contributed by atoms with E-state index in [1.165, 1.54) is 17.4 Å². The highest BCUT2D eigenvalue weighted by atomic mass is 35.5. The average Bonchev–Trinajstić information content (AvgIpc) is 3.00. The highest BCUT2D eigenvalue weighted by Gasteiger charge is 2.23. The Labute approximate surface area is 238 Å². The number of piperazine rings is 2. The Kier molecular flexibility index (Phi) is 8.83. The normalized spacial score (nSPS) is 15.9. The zero-order valence-corrected chi connectivity index (χ0v) is 23.8. The highest BCUT2D eigenvalue weighted by Crippen LogP contribution is 2.26. The third kappa shape index (κ3) is 6.80. The number of methoxy groups -OCH3 is 2. The lowest BCUT2D eigenvalue weighted by atomic mass is 10.2. The number of amides is 1. The molecular formula is C28H33ClN6O3S. The molecule has 0 unspecified atom stereocenters. The van der Waals surface area contributed by atoms with Crippen LogP contribution in [0.25, 0.3) is 0 Å². The molecule has 5 rings (SSSR count). The Morgan fingerprint density at radius 3 is 1.77 bits per heavy atom. The van der Waals surface area contributed by atoms with Crippen molar-refractivity contribution in [3.63, 3.8) is 0 Å². The van der Waals surface area contributed by atoms with E-state index < -0.39 is 0 Å². The fourth-order valence-electron chi connectivity index (χ4n) is 4.82. The van der Waals surface area contributed by atoms with Gasteiger partial charge in [0, 0.05) is 69.8 Å². The quantitative estimate of drug-likeness (QED) is 0.228.